The maximum atomic E-state index is 12.0. The lowest BCUT2D eigenvalue weighted by Gasteiger charge is -2.22. The molecule has 1 aromatic rings. The van der Waals surface area contributed by atoms with Gasteiger partial charge in [-0.15, -0.1) is 0 Å². The lowest BCUT2D eigenvalue weighted by molar-refractivity contribution is -0.120. The van der Waals surface area contributed by atoms with Crippen molar-refractivity contribution in [3.63, 3.8) is 0 Å². The van der Waals surface area contributed by atoms with Crippen LogP contribution in [0.15, 0.2) is 24.3 Å². The minimum absolute atomic E-state index is 0.0622. The van der Waals surface area contributed by atoms with Gasteiger partial charge in [0.05, 0.1) is 18.2 Å². The highest BCUT2D eigenvalue weighted by Crippen LogP contribution is 2.19. The first-order chi connectivity index (χ1) is 10.8. The Hall–Kier alpha value is -1.93. The molecule has 1 heterocycles. The van der Waals surface area contributed by atoms with Gasteiger partial charge in [-0.05, 0) is 30.5 Å². The van der Waals surface area contributed by atoms with Crippen LogP contribution >= 0.6 is 0 Å². The van der Waals surface area contributed by atoms with Crippen LogP contribution in [-0.2, 0) is 21.2 Å². The monoisotopic (exact) mass is 340 g/mol. The quantitative estimate of drug-likeness (QED) is 0.783. The van der Waals surface area contributed by atoms with Gasteiger partial charge in [-0.25, -0.2) is 13.2 Å². The fraction of sp³-hybridized carbons (Fsp3) is 0.467. The number of aromatic carboxylic acids is 1. The third kappa shape index (κ3) is 4.77. The van der Waals surface area contributed by atoms with Crippen molar-refractivity contribution in [2.24, 2.45) is 0 Å². The molecule has 1 aliphatic rings. The van der Waals surface area contributed by atoms with Crippen molar-refractivity contribution in [2.45, 2.75) is 25.3 Å². The van der Waals surface area contributed by atoms with Gasteiger partial charge in [-0.3, -0.25) is 4.79 Å². The van der Waals surface area contributed by atoms with E-state index in [-0.39, 0.29) is 30.5 Å². The fourth-order valence-electron chi connectivity index (χ4n) is 2.74. The molecule has 2 rings (SSSR count). The Kier molecular flexibility index (Phi) is 5.38. The Balaban J connectivity index is 1.90. The molecule has 0 aliphatic carbocycles. The second kappa shape index (κ2) is 7.10. The molecule has 0 bridgehead atoms. The highest BCUT2D eigenvalue weighted by molar-refractivity contribution is 7.88. The Morgan fingerprint density at radius 1 is 1.39 bits per heavy atom. The zero-order valence-corrected chi connectivity index (χ0v) is 13.7. The fourth-order valence-corrected chi connectivity index (χ4v) is 3.93. The molecule has 7 nitrogen and oxygen atoms in total. The number of sulfonamides is 1. The molecule has 0 spiro atoms. The van der Waals surface area contributed by atoms with Crippen molar-refractivity contribution in [3.8, 4) is 0 Å². The number of nitrogens with one attached hydrogen (secondary N) is 1. The Labute approximate surface area is 135 Å². The van der Waals surface area contributed by atoms with Crippen molar-refractivity contribution < 1.29 is 23.1 Å². The zero-order valence-electron chi connectivity index (χ0n) is 12.9. The molecular weight excluding hydrogens is 320 g/mol. The first kappa shape index (κ1) is 17.4. The van der Waals surface area contributed by atoms with E-state index in [1.54, 1.807) is 12.1 Å². The summed E-state index contributed by atoms with van der Waals surface area (Å²) >= 11 is 0. The molecule has 0 unspecified atom stereocenters. The molecule has 1 atom stereocenters. The van der Waals surface area contributed by atoms with Crippen molar-refractivity contribution in [2.75, 3.05) is 19.3 Å². The van der Waals surface area contributed by atoms with Crippen LogP contribution in [0.3, 0.4) is 0 Å². The summed E-state index contributed by atoms with van der Waals surface area (Å²) in [7, 11) is -3.26. The standard InChI is InChI=1S/C15H20N2O5S/c1-23(21,22)17-7-3-6-13(17)10-16-14(18)9-11-4-2-5-12(8-11)15(19)20/h2,4-5,8,13H,3,6-7,9-10H2,1H3,(H,16,18)(H,19,20)/t13-/m1/s1. The van der Waals surface area contributed by atoms with Gasteiger partial charge >= 0.3 is 5.97 Å². The number of amides is 1. The molecule has 0 saturated carbocycles. The van der Waals surface area contributed by atoms with Crippen LogP contribution < -0.4 is 5.32 Å². The van der Waals surface area contributed by atoms with Gasteiger partial charge in [-0.1, -0.05) is 12.1 Å². The molecule has 2 N–H and O–H groups in total. The van der Waals surface area contributed by atoms with Gasteiger partial charge in [0.15, 0.2) is 0 Å². The highest BCUT2D eigenvalue weighted by Gasteiger charge is 2.31. The zero-order chi connectivity index (χ0) is 17.0. The molecule has 1 fully saturated rings. The van der Waals surface area contributed by atoms with E-state index in [2.05, 4.69) is 5.32 Å². The van der Waals surface area contributed by atoms with Gasteiger partial charge in [0.25, 0.3) is 0 Å². The summed E-state index contributed by atoms with van der Waals surface area (Å²) in [5.41, 5.74) is 0.739. The smallest absolute Gasteiger partial charge is 0.335 e. The molecule has 23 heavy (non-hydrogen) atoms. The van der Waals surface area contributed by atoms with Crippen molar-refractivity contribution in [3.05, 3.63) is 35.4 Å². The van der Waals surface area contributed by atoms with E-state index in [1.807, 2.05) is 0 Å². The number of carbonyl (C=O) groups excluding carboxylic acids is 1. The van der Waals surface area contributed by atoms with Crippen LogP contribution in [0, 0.1) is 0 Å². The van der Waals surface area contributed by atoms with Crippen LogP contribution in [0.1, 0.15) is 28.8 Å². The van der Waals surface area contributed by atoms with E-state index >= 15 is 0 Å². The van der Waals surface area contributed by atoms with E-state index in [0.29, 0.717) is 12.1 Å². The van der Waals surface area contributed by atoms with E-state index in [1.165, 1.54) is 22.7 Å². The SMILES string of the molecule is CS(=O)(=O)N1CCC[C@@H]1CNC(=O)Cc1cccc(C(=O)O)c1. The normalized spacial score (nSPS) is 18.7. The Bertz CT molecular complexity index is 702. The molecule has 0 radical (unpaired) electrons. The number of carboxylic acids is 1. The van der Waals surface area contributed by atoms with Gasteiger partial charge < -0.3 is 10.4 Å². The minimum Gasteiger partial charge on any atom is -0.478 e. The first-order valence-corrected chi connectivity index (χ1v) is 9.18. The lowest BCUT2D eigenvalue weighted by atomic mass is 10.1. The van der Waals surface area contributed by atoms with Crippen LogP contribution in [0.5, 0.6) is 0 Å². The summed E-state index contributed by atoms with van der Waals surface area (Å²) in [5, 5.41) is 11.7. The Morgan fingerprint density at radius 2 is 2.13 bits per heavy atom. The summed E-state index contributed by atoms with van der Waals surface area (Å²) in [6.45, 7) is 0.755. The number of hydrogen-bond acceptors (Lipinski definition) is 4. The van der Waals surface area contributed by atoms with Crippen molar-refractivity contribution in [1.29, 1.82) is 0 Å². The molecule has 1 saturated heterocycles. The summed E-state index contributed by atoms with van der Waals surface area (Å²) in [4.78, 5) is 22.9. The van der Waals surface area contributed by atoms with Crippen LogP contribution in [0.4, 0.5) is 0 Å². The average molecular weight is 340 g/mol. The molecule has 1 aromatic carbocycles. The van der Waals surface area contributed by atoms with Gasteiger partial charge in [-0.2, -0.15) is 4.31 Å². The third-order valence-electron chi connectivity index (χ3n) is 3.82. The predicted molar refractivity (Wildman–Crippen MR) is 84.7 cm³/mol. The molecular formula is C15H20N2O5S. The highest BCUT2D eigenvalue weighted by atomic mass is 32.2. The maximum Gasteiger partial charge on any atom is 0.335 e. The summed E-state index contributed by atoms with van der Waals surface area (Å²) in [5.74, 6) is -1.30. The lowest BCUT2D eigenvalue weighted by Crippen LogP contribution is -2.43. The van der Waals surface area contributed by atoms with Gasteiger partial charge in [0.1, 0.15) is 0 Å². The number of hydrogen-bond donors (Lipinski definition) is 2. The average Bonchev–Trinajstić information content (AvgIpc) is 2.94. The number of benzene rings is 1. The maximum absolute atomic E-state index is 12.0. The Morgan fingerprint density at radius 3 is 2.78 bits per heavy atom. The minimum atomic E-state index is -3.26. The first-order valence-electron chi connectivity index (χ1n) is 7.33. The van der Waals surface area contributed by atoms with Crippen LogP contribution in [-0.4, -0.2) is 55.1 Å². The van der Waals surface area contributed by atoms with Crippen LogP contribution in [0.2, 0.25) is 0 Å². The molecule has 126 valence electrons. The molecule has 8 heteroatoms. The van der Waals surface area contributed by atoms with E-state index in [9.17, 15) is 18.0 Å². The van der Waals surface area contributed by atoms with Crippen molar-refractivity contribution >= 4 is 21.9 Å². The van der Waals surface area contributed by atoms with E-state index in [0.717, 1.165) is 12.8 Å². The molecule has 1 amide bonds. The topological polar surface area (TPSA) is 104 Å². The van der Waals surface area contributed by atoms with E-state index in [4.69, 9.17) is 5.11 Å². The predicted octanol–water partition coefficient (Wildman–Crippen LogP) is 0.468. The number of carboxylic acid groups (broad SMARTS) is 1. The second-order valence-electron chi connectivity index (χ2n) is 5.66. The van der Waals surface area contributed by atoms with Gasteiger partial charge in [0.2, 0.25) is 15.9 Å². The summed E-state index contributed by atoms with van der Waals surface area (Å²) < 4.78 is 24.7. The second-order valence-corrected chi connectivity index (χ2v) is 7.59. The van der Waals surface area contributed by atoms with Crippen LogP contribution in [0.25, 0.3) is 0 Å². The largest absolute Gasteiger partial charge is 0.478 e. The van der Waals surface area contributed by atoms with E-state index < -0.39 is 16.0 Å². The molecule has 0 aromatic heterocycles. The third-order valence-corrected chi connectivity index (χ3v) is 5.16. The summed E-state index contributed by atoms with van der Waals surface area (Å²) in [6, 6.07) is 5.99. The number of nitrogens with zero attached hydrogens (tertiary/aromatic N) is 1. The number of rotatable bonds is 6. The summed E-state index contributed by atoms with van der Waals surface area (Å²) in [6.07, 6.45) is 2.74. The number of carbonyl (C=O) groups is 2. The van der Waals surface area contributed by atoms with Crippen molar-refractivity contribution in [1.82, 2.24) is 9.62 Å². The van der Waals surface area contributed by atoms with Gasteiger partial charge in [0, 0.05) is 19.1 Å². The molecule has 1 aliphatic heterocycles.